The molecule has 1 aliphatic heterocycles. The number of rotatable bonds is 6. The maximum absolute atomic E-state index is 12.0. The van der Waals surface area contributed by atoms with Crippen molar-refractivity contribution in [2.24, 2.45) is 7.05 Å². The highest BCUT2D eigenvalue weighted by Crippen LogP contribution is 2.16. The van der Waals surface area contributed by atoms with E-state index in [4.69, 9.17) is 4.74 Å². The van der Waals surface area contributed by atoms with Crippen LogP contribution in [0.15, 0.2) is 6.20 Å². The molecule has 0 atom stereocenters. The Bertz CT molecular complexity index is 547. The van der Waals surface area contributed by atoms with Gasteiger partial charge >= 0.3 is 5.97 Å². The second-order valence-corrected chi connectivity index (χ2v) is 5.53. The standard InChI is InChI=1S/C15H23N3O4/c1-11-10-17(2)12(14(11)15(20)21)9-13(19)16-3-4-18-5-7-22-8-6-18/h10H,3-9H2,1-2H3,(H,16,19)(H,20,21). The summed E-state index contributed by atoms with van der Waals surface area (Å²) in [4.78, 5) is 25.6. The molecule has 1 fully saturated rings. The number of amides is 1. The first-order valence-corrected chi connectivity index (χ1v) is 7.44. The third-order valence-corrected chi connectivity index (χ3v) is 3.89. The summed E-state index contributed by atoms with van der Waals surface area (Å²) in [5, 5.41) is 12.1. The second kappa shape index (κ2) is 7.42. The summed E-state index contributed by atoms with van der Waals surface area (Å²) in [7, 11) is 1.76. The number of carboxylic acids is 1. The van der Waals surface area contributed by atoms with E-state index in [1.165, 1.54) is 0 Å². The number of nitrogens with zero attached hydrogens (tertiary/aromatic N) is 2. The van der Waals surface area contributed by atoms with E-state index in [0.29, 0.717) is 17.8 Å². The van der Waals surface area contributed by atoms with Gasteiger partial charge in [-0.1, -0.05) is 0 Å². The highest BCUT2D eigenvalue weighted by molar-refractivity contribution is 5.92. The predicted molar refractivity (Wildman–Crippen MR) is 81.1 cm³/mol. The maximum Gasteiger partial charge on any atom is 0.337 e. The lowest BCUT2D eigenvalue weighted by Gasteiger charge is -2.26. The molecule has 1 saturated heterocycles. The van der Waals surface area contributed by atoms with Crippen LogP contribution in [0.1, 0.15) is 21.6 Å². The van der Waals surface area contributed by atoms with Gasteiger partial charge in [0.15, 0.2) is 0 Å². The number of aromatic carboxylic acids is 1. The first-order valence-electron chi connectivity index (χ1n) is 7.44. The average Bonchev–Trinajstić information content (AvgIpc) is 2.74. The van der Waals surface area contributed by atoms with E-state index in [1.54, 1.807) is 24.7 Å². The lowest BCUT2D eigenvalue weighted by atomic mass is 10.1. The smallest absolute Gasteiger partial charge is 0.337 e. The van der Waals surface area contributed by atoms with Gasteiger partial charge in [0.2, 0.25) is 5.91 Å². The molecule has 0 bridgehead atoms. The lowest BCUT2D eigenvalue weighted by molar-refractivity contribution is -0.120. The van der Waals surface area contributed by atoms with Crippen LogP contribution >= 0.6 is 0 Å². The van der Waals surface area contributed by atoms with Crippen molar-refractivity contribution in [3.05, 3.63) is 23.0 Å². The molecule has 0 unspecified atom stereocenters. The third kappa shape index (κ3) is 4.08. The summed E-state index contributed by atoms with van der Waals surface area (Å²) < 4.78 is 6.98. The molecule has 1 amide bonds. The molecular formula is C15H23N3O4. The summed E-state index contributed by atoms with van der Waals surface area (Å²) in [6, 6.07) is 0. The highest BCUT2D eigenvalue weighted by atomic mass is 16.5. The molecule has 0 spiro atoms. The first-order chi connectivity index (χ1) is 10.5. The fourth-order valence-corrected chi connectivity index (χ4v) is 2.73. The van der Waals surface area contributed by atoms with Gasteiger partial charge < -0.3 is 19.7 Å². The quantitative estimate of drug-likeness (QED) is 0.774. The molecule has 2 rings (SSSR count). The number of hydrogen-bond donors (Lipinski definition) is 2. The monoisotopic (exact) mass is 309 g/mol. The summed E-state index contributed by atoms with van der Waals surface area (Å²) >= 11 is 0. The van der Waals surface area contributed by atoms with E-state index < -0.39 is 5.97 Å². The molecule has 0 aliphatic carbocycles. The maximum atomic E-state index is 12.0. The van der Waals surface area contributed by atoms with E-state index in [1.807, 2.05) is 0 Å². The highest BCUT2D eigenvalue weighted by Gasteiger charge is 2.20. The largest absolute Gasteiger partial charge is 0.478 e. The number of carbonyl (C=O) groups excluding carboxylic acids is 1. The molecule has 122 valence electrons. The van der Waals surface area contributed by atoms with Gasteiger partial charge in [-0.2, -0.15) is 0 Å². The Morgan fingerprint density at radius 1 is 1.36 bits per heavy atom. The zero-order chi connectivity index (χ0) is 16.1. The molecule has 22 heavy (non-hydrogen) atoms. The number of carboxylic acid groups (broad SMARTS) is 1. The Balaban J connectivity index is 1.85. The van der Waals surface area contributed by atoms with Crippen molar-refractivity contribution in [2.45, 2.75) is 13.3 Å². The van der Waals surface area contributed by atoms with E-state index >= 15 is 0 Å². The van der Waals surface area contributed by atoms with Gasteiger partial charge in [-0.3, -0.25) is 9.69 Å². The van der Waals surface area contributed by atoms with Crippen molar-refractivity contribution < 1.29 is 19.4 Å². The molecule has 2 N–H and O–H groups in total. The Morgan fingerprint density at radius 3 is 2.68 bits per heavy atom. The van der Waals surface area contributed by atoms with Gasteiger partial charge in [-0.25, -0.2) is 4.79 Å². The Morgan fingerprint density at radius 2 is 2.05 bits per heavy atom. The molecule has 1 aromatic rings. The number of morpholine rings is 1. The number of aromatic nitrogens is 1. The van der Waals surface area contributed by atoms with Crippen LogP contribution in [-0.4, -0.2) is 65.8 Å². The number of aryl methyl sites for hydroxylation is 2. The van der Waals surface area contributed by atoms with Crippen LogP contribution in [-0.2, 0) is 23.0 Å². The Hall–Kier alpha value is -1.86. The van der Waals surface area contributed by atoms with E-state index in [9.17, 15) is 14.7 Å². The number of hydrogen-bond acceptors (Lipinski definition) is 4. The van der Waals surface area contributed by atoms with Crippen LogP contribution in [0.4, 0.5) is 0 Å². The minimum absolute atomic E-state index is 0.0785. The summed E-state index contributed by atoms with van der Waals surface area (Å²) in [6.45, 7) is 6.32. The first kappa shape index (κ1) is 16.5. The number of carbonyl (C=O) groups is 2. The number of nitrogens with one attached hydrogen (secondary N) is 1. The predicted octanol–water partition coefficient (Wildman–Crippen LogP) is 0.0226. The molecule has 0 radical (unpaired) electrons. The second-order valence-electron chi connectivity index (χ2n) is 5.53. The van der Waals surface area contributed by atoms with Gasteiger partial charge in [0.25, 0.3) is 0 Å². The Labute approximate surface area is 129 Å². The zero-order valence-corrected chi connectivity index (χ0v) is 13.1. The molecule has 0 aromatic carbocycles. The molecule has 1 aromatic heterocycles. The molecule has 1 aliphatic rings. The van der Waals surface area contributed by atoms with Crippen molar-refractivity contribution in [1.82, 2.24) is 14.8 Å². The van der Waals surface area contributed by atoms with Crippen LogP contribution in [0.5, 0.6) is 0 Å². The fourth-order valence-electron chi connectivity index (χ4n) is 2.73. The van der Waals surface area contributed by atoms with Gasteiger partial charge in [0, 0.05) is 45.1 Å². The van der Waals surface area contributed by atoms with Gasteiger partial charge in [0.05, 0.1) is 25.2 Å². The summed E-state index contributed by atoms with van der Waals surface area (Å²) in [5.41, 5.74) is 1.44. The molecule has 2 heterocycles. The van der Waals surface area contributed by atoms with E-state index in [-0.39, 0.29) is 17.9 Å². The van der Waals surface area contributed by atoms with Gasteiger partial charge in [-0.05, 0) is 12.5 Å². The van der Waals surface area contributed by atoms with Crippen molar-refractivity contribution in [1.29, 1.82) is 0 Å². The van der Waals surface area contributed by atoms with Crippen LogP contribution in [0, 0.1) is 6.92 Å². The van der Waals surface area contributed by atoms with E-state index in [0.717, 1.165) is 32.8 Å². The molecule has 0 saturated carbocycles. The van der Waals surface area contributed by atoms with Crippen LogP contribution in [0.25, 0.3) is 0 Å². The van der Waals surface area contributed by atoms with Crippen molar-refractivity contribution >= 4 is 11.9 Å². The third-order valence-electron chi connectivity index (χ3n) is 3.89. The van der Waals surface area contributed by atoms with Crippen molar-refractivity contribution in [3.63, 3.8) is 0 Å². The van der Waals surface area contributed by atoms with Gasteiger partial charge in [-0.15, -0.1) is 0 Å². The molecular weight excluding hydrogens is 286 g/mol. The van der Waals surface area contributed by atoms with E-state index in [2.05, 4.69) is 10.2 Å². The fraction of sp³-hybridized carbons (Fsp3) is 0.600. The molecule has 7 heteroatoms. The number of ether oxygens (including phenoxy) is 1. The van der Waals surface area contributed by atoms with Crippen LogP contribution in [0.3, 0.4) is 0 Å². The summed E-state index contributed by atoms with van der Waals surface area (Å²) in [6.07, 6.45) is 1.81. The SMILES string of the molecule is Cc1cn(C)c(CC(=O)NCCN2CCOCC2)c1C(=O)O. The van der Waals surface area contributed by atoms with Crippen LogP contribution < -0.4 is 5.32 Å². The van der Waals surface area contributed by atoms with Crippen molar-refractivity contribution in [3.8, 4) is 0 Å². The van der Waals surface area contributed by atoms with Crippen molar-refractivity contribution in [2.75, 3.05) is 39.4 Å². The topological polar surface area (TPSA) is 83.8 Å². The zero-order valence-electron chi connectivity index (χ0n) is 13.1. The normalized spacial score (nSPS) is 15.7. The average molecular weight is 309 g/mol. The van der Waals surface area contributed by atoms with Gasteiger partial charge in [0.1, 0.15) is 0 Å². The van der Waals surface area contributed by atoms with Crippen LogP contribution in [0.2, 0.25) is 0 Å². The molecule has 7 nitrogen and oxygen atoms in total. The Kier molecular flexibility index (Phi) is 5.57. The lowest BCUT2D eigenvalue weighted by Crippen LogP contribution is -2.41. The summed E-state index contributed by atoms with van der Waals surface area (Å²) in [5.74, 6) is -1.15. The minimum atomic E-state index is -0.991. The minimum Gasteiger partial charge on any atom is -0.478 e.